The fourth-order valence-electron chi connectivity index (χ4n) is 7.95. The number of furan rings is 1. The molecule has 10 rings (SSSR count). The van der Waals surface area contributed by atoms with Crippen LogP contribution in [0.25, 0.3) is 93.6 Å². The van der Waals surface area contributed by atoms with Crippen molar-refractivity contribution in [3.05, 3.63) is 170 Å². The Balaban J connectivity index is 1.10. The van der Waals surface area contributed by atoms with Crippen molar-refractivity contribution < 1.29 is 4.42 Å². The molecule has 3 nitrogen and oxygen atoms in total. The first-order valence-corrected chi connectivity index (χ1v) is 17.3. The lowest BCUT2D eigenvalue weighted by molar-refractivity contribution is 0.669. The molecule has 8 aromatic carbocycles. The highest BCUT2D eigenvalue weighted by molar-refractivity contribution is 6.25. The first-order valence-electron chi connectivity index (χ1n) is 17.3. The van der Waals surface area contributed by atoms with Gasteiger partial charge in [-0.05, 0) is 91.3 Å². The van der Waals surface area contributed by atoms with Gasteiger partial charge in [-0.25, -0.2) is 4.98 Å². The van der Waals surface area contributed by atoms with Gasteiger partial charge in [0, 0.05) is 22.9 Å². The largest absolute Gasteiger partial charge is 0.456 e. The third-order valence-corrected chi connectivity index (χ3v) is 10.2. The van der Waals surface area contributed by atoms with Gasteiger partial charge < -0.3 is 4.42 Å². The standard InChI is InChI=1S/C47H32N2O/c1-2-44-48-40-18-8-9-19-41(40)49(44)33-28-26-31(27-29-33)30-22-24-32(25-23-30)45-34-12-3-5-14-36(34)46(37-15-6-4-13-35(37)45)39-17-11-21-43-47(39)38-16-7-10-20-42(38)50-43/h3-29H,2H2,1H3. The SMILES string of the molecule is CCc1nc2ccccc2n1-c1ccc(-c2ccc(-c3c4ccccc4c(-c4cccc5oc6ccccc6c45)c4ccccc34)cc2)cc1. The van der Waals surface area contributed by atoms with E-state index in [-0.39, 0.29) is 0 Å². The second-order valence-electron chi connectivity index (χ2n) is 12.9. The third-order valence-electron chi connectivity index (χ3n) is 10.2. The first kappa shape index (κ1) is 28.6. The molecule has 236 valence electrons. The van der Waals surface area contributed by atoms with E-state index >= 15 is 0 Å². The number of nitrogens with zero attached hydrogens (tertiary/aromatic N) is 2. The topological polar surface area (TPSA) is 31.0 Å². The van der Waals surface area contributed by atoms with Crippen LogP contribution in [0, 0.1) is 0 Å². The fraction of sp³-hybridized carbons (Fsp3) is 0.0426. The van der Waals surface area contributed by atoms with Crippen LogP contribution in [0.5, 0.6) is 0 Å². The van der Waals surface area contributed by atoms with Crippen LogP contribution < -0.4 is 0 Å². The summed E-state index contributed by atoms with van der Waals surface area (Å²) in [7, 11) is 0. The minimum atomic E-state index is 0.873. The molecule has 0 aliphatic heterocycles. The van der Waals surface area contributed by atoms with Gasteiger partial charge in [0.1, 0.15) is 17.0 Å². The van der Waals surface area contributed by atoms with Crippen molar-refractivity contribution in [1.29, 1.82) is 0 Å². The van der Waals surface area contributed by atoms with Crippen LogP contribution >= 0.6 is 0 Å². The highest BCUT2D eigenvalue weighted by atomic mass is 16.3. The predicted octanol–water partition coefficient (Wildman–Crippen LogP) is 12.8. The van der Waals surface area contributed by atoms with Crippen molar-refractivity contribution in [2.24, 2.45) is 0 Å². The molecule has 0 aliphatic carbocycles. The highest BCUT2D eigenvalue weighted by Crippen LogP contribution is 2.47. The number of aromatic nitrogens is 2. The summed E-state index contributed by atoms with van der Waals surface area (Å²) in [6, 6.07) is 58.8. The van der Waals surface area contributed by atoms with Crippen LogP contribution in [0.3, 0.4) is 0 Å². The molecule has 10 aromatic rings. The Labute approximate surface area is 289 Å². The van der Waals surface area contributed by atoms with Crippen molar-refractivity contribution in [1.82, 2.24) is 9.55 Å². The summed E-state index contributed by atoms with van der Waals surface area (Å²) in [5, 5.41) is 7.25. The molecule has 2 aromatic heterocycles. The van der Waals surface area contributed by atoms with E-state index < -0.39 is 0 Å². The molecule has 0 N–H and O–H groups in total. The first-order chi connectivity index (χ1) is 24.8. The zero-order chi connectivity index (χ0) is 33.2. The average Bonchev–Trinajstić information content (AvgIpc) is 3.76. The number of rotatable bonds is 5. The Kier molecular flexibility index (Phi) is 6.47. The number of fused-ring (bicyclic) bond motifs is 6. The van der Waals surface area contributed by atoms with Gasteiger partial charge in [0.15, 0.2) is 0 Å². The molecular weight excluding hydrogens is 609 g/mol. The van der Waals surface area contributed by atoms with Crippen molar-refractivity contribution in [2.45, 2.75) is 13.3 Å². The number of para-hydroxylation sites is 3. The Morgan fingerprint density at radius 2 is 1.02 bits per heavy atom. The van der Waals surface area contributed by atoms with Gasteiger partial charge in [-0.1, -0.05) is 134 Å². The number of aryl methyl sites for hydroxylation is 1. The third kappa shape index (κ3) is 4.33. The number of imidazole rings is 1. The minimum Gasteiger partial charge on any atom is -0.456 e. The average molecular weight is 641 g/mol. The molecule has 0 fully saturated rings. The Bertz CT molecular complexity index is 2830. The van der Waals surface area contributed by atoms with Gasteiger partial charge in [0.2, 0.25) is 0 Å². The monoisotopic (exact) mass is 640 g/mol. The summed E-state index contributed by atoms with van der Waals surface area (Å²) in [5.74, 6) is 1.07. The lowest BCUT2D eigenvalue weighted by Crippen LogP contribution is -1.99. The van der Waals surface area contributed by atoms with Crippen LogP contribution in [0.15, 0.2) is 168 Å². The summed E-state index contributed by atoms with van der Waals surface area (Å²) in [4.78, 5) is 4.87. The molecule has 50 heavy (non-hydrogen) atoms. The zero-order valence-electron chi connectivity index (χ0n) is 27.6. The maximum absolute atomic E-state index is 6.33. The summed E-state index contributed by atoms with van der Waals surface area (Å²) in [6.07, 6.45) is 0.873. The maximum Gasteiger partial charge on any atom is 0.136 e. The van der Waals surface area contributed by atoms with Gasteiger partial charge in [-0.15, -0.1) is 0 Å². The Morgan fingerprint density at radius 3 is 1.70 bits per heavy atom. The molecule has 0 bridgehead atoms. The lowest BCUT2D eigenvalue weighted by Gasteiger charge is -2.18. The lowest BCUT2D eigenvalue weighted by atomic mass is 9.84. The van der Waals surface area contributed by atoms with E-state index in [4.69, 9.17) is 9.40 Å². The molecule has 0 radical (unpaired) electrons. The van der Waals surface area contributed by atoms with E-state index in [0.29, 0.717) is 0 Å². The fourth-order valence-corrected chi connectivity index (χ4v) is 7.95. The molecule has 0 atom stereocenters. The normalized spacial score (nSPS) is 11.8. The van der Waals surface area contributed by atoms with E-state index in [1.165, 1.54) is 54.9 Å². The van der Waals surface area contributed by atoms with Crippen molar-refractivity contribution >= 4 is 54.5 Å². The maximum atomic E-state index is 6.33. The van der Waals surface area contributed by atoms with E-state index in [1.54, 1.807) is 0 Å². The summed E-state index contributed by atoms with van der Waals surface area (Å²) < 4.78 is 8.60. The van der Waals surface area contributed by atoms with Gasteiger partial charge in [0.25, 0.3) is 0 Å². The molecule has 0 unspecified atom stereocenters. The van der Waals surface area contributed by atoms with Crippen LogP contribution in [0.2, 0.25) is 0 Å². The summed E-state index contributed by atoms with van der Waals surface area (Å²) in [5.41, 5.74) is 12.4. The van der Waals surface area contributed by atoms with Gasteiger partial charge >= 0.3 is 0 Å². The highest BCUT2D eigenvalue weighted by Gasteiger charge is 2.20. The smallest absolute Gasteiger partial charge is 0.136 e. The van der Waals surface area contributed by atoms with Crippen LogP contribution in [-0.2, 0) is 6.42 Å². The molecule has 0 saturated heterocycles. The van der Waals surface area contributed by atoms with Crippen molar-refractivity contribution in [3.63, 3.8) is 0 Å². The number of benzene rings is 8. The van der Waals surface area contributed by atoms with Crippen molar-refractivity contribution in [2.75, 3.05) is 0 Å². The molecule has 2 heterocycles. The van der Waals surface area contributed by atoms with Crippen LogP contribution in [0.1, 0.15) is 12.7 Å². The molecule has 3 heteroatoms. The van der Waals surface area contributed by atoms with E-state index in [1.807, 2.05) is 6.07 Å². The van der Waals surface area contributed by atoms with Gasteiger partial charge in [-0.3, -0.25) is 4.57 Å². The summed E-state index contributed by atoms with van der Waals surface area (Å²) in [6.45, 7) is 2.16. The van der Waals surface area contributed by atoms with Crippen molar-refractivity contribution in [3.8, 4) is 39.1 Å². The molecular formula is C47H32N2O. The quantitative estimate of drug-likeness (QED) is 0.175. The van der Waals surface area contributed by atoms with E-state index in [9.17, 15) is 0 Å². The van der Waals surface area contributed by atoms with Gasteiger partial charge in [-0.2, -0.15) is 0 Å². The van der Waals surface area contributed by atoms with E-state index in [0.717, 1.165) is 50.9 Å². The zero-order valence-corrected chi connectivity index (χ0v) is 27.6. The van der Waals surface area contributed by atoms with Crippen LogP contribution in [-0.4, -0.2) is 9.55 Å². The predicted molar refractivity (Wildman–Crippen MR) is 209 cm³/mol. The molecule has 0 saturated carbocycles. The van der Waals surface area contributed by atoms with E-state index in [2.05, 4.69) is 169 Å². The molecule has 0 aliphatic rings. The number of hydrogen-bond donors (Lipinski definition) is 0. The second kappa shape index (κ2) is 11.3. The number of hydrogen-bond acceptors (Lipinski definition) is 2. The second-order valence-corrected chi connectivity index (χ2v) is 12.9. The Morgan fingerprint density at radius 1 is 0.480 bits per heavy atom. The van der Waals surface area contributed by atoms with Crippen LogP contribution in [0.4, 0.5) is 0 Å². The minimum absolute atomic E-state index is 0.873. The summed E-state index contributed by atoms with van der Waals surface area (Å²) >= 11 is 0. The molecule has 0 amide bonds. The molecule has 0 spiro atoms. The van der Waals surface area contributed by atoms with Gasteiger partial charge in [0.05, 0.1) is 11.0 Å². The Hall–Kier alpha value is -6.45.